The summed E-state index contributed by atoms with van der Waals surface area (Å²) in [6.45, 7) is 0. The van der Waals surface area contributed by atoms with Gasteiger partial charge in [-0.2, -0.15) is 0 Å². The van der Waals surface area contributed by atoms with E-state index in [1.807, 2.05) is 6.07 Å². The molecule has 58 valence electrons. The maximum atomic E-state index is 11.1. The summed E-state index contributed by atoms with van der Waals surface area (Å²) in [7, 11) is -3.19. The first-order valence-corrected chi connectivity index (χ1v) is 5.28. The van der Waals surface area contributed by atoms with Crippen LogP contribution in [0.1, 0.15) is 0 Å². The average molecular weight is 187 g/mol. The van der Waals surface area contributed by atoms with Crippen LogP contribution in [0.4, 0.5) is 0 Å². The third kappa shape index (κ3) is 1.05. The van der Waals surface area contributed by atoms with E-state index in [0.717, 1.165) is 16.8 Å². The molecule has 0 atom stereocenters. The Morgan fingerprint density at radius 2 is 2.00 bits per heavy atom. The van der Waals surface area contributed by atoms with Crippen molar-refractivity contribution >= 4 is 22.0 Å². The minimum absolute atomic E-state index is 0.380. The Hall–Kier alpha value is -0.520. The quantitative estimate of drug-likeness (QED) is 0.616. The van der Waals surface area contributed by atoms with Gasteiger partial charge in [0.1, 0.15) is 0 Å². The van der Waals surface area contributed by atoms with Gasteiger partial charge in [-0.25, -0.2) is 8.42 Å². The fourth-order valence-corrected chi connectivity index (χ4v) is 3.42. The molecule has 0 fully saturated rings. The number of benzene rings is 1. The van der Waals surface area contributed by atoms with Gasteiger partial charge in [-0.3, -0.25) is 0 Å². The summed E-state index contributed by atoms with van der Waals surface area (Å²) in [6.07, 6.45) is 0. The van der Waals surface area contributed by atoms with Crippen LogP contribution in [0, 0.1) is 0 Å². The Bertz CT molecular complexity index is 385. The van der Waals surface area contributed by atoms with Gasteiger partial charge in [0.2, 0.25) is 0 Å². The molecule has 1 aromatic carbocycles. The SMILES string of the molecule is O=S1(=O)NSc2ccccc21. The molecular formula is C6H5NO2S2. The van der Waals surface area contributed by atoms with Gasteiger partial charge in [0, 0.05) is 4.90 Å². The van der Waals surface area contributed by atoms with Crippen molar-refractivity contribution in [1.82, 2.24) is 4.13 Å². The van der Waals surface area contributed by atoms with Crippen molar-refractivity contribution in [2.75, 3.05) is 0 Å². The minimum Gasteiger partial charge on any atom is -0.206 e. The summed E-state index contributed by atoms with van der Waals surface area (Å²) in [5.41, 5.74) is 0. The van der Waals surface area contributed by atoms with Crippen molar-refractivity contribution < 1.29 is 8.42 Å². The molecule has 0 amide bonds. The number of hydrogen-bond acceptors (Lipinski definition) is 3. The first kappa shape index (κ1) is 7.15. The zero-order chi connectivity index (χ0) is 7.90. The molecular weight excluding hydrogens is 182 g/mol. The second-order valence-corrected chi connectivity index (χ2v) is 4.89. The minimum atomic E-state index is -3.19. The number of nitrogens with one attached hydrogen (secondary N) is 1. The molecule has 0 aliphatic carbocycles. The van der Waals surface area contributed by atoms with Crippen LogP contribution in [0.2, 0.25) is 0 Å². The first-order chi connectivity index (χ1) is 5.20. The molecule has 3 nitrogen and oxygen atoms in total. The Kier molecular flexibility index (Phi) is 1.45. The van der Waals surface area contributed by atoms with Crippen LogP contribution in [0.5, 0.6) is 0 Å². The van der Waals surface area contributed by atoms with E-state index in [4.69, 9.17) is 0 Å². The highest BCUT2D eigenvalue weighted by atomic mass is 32.3. The van der Waals surface area contributed by atoms with E-state index >= 15 is 0 Å². The van der Waals surface area contributed by atoms with Crippen molar-refractivity contribution in [2.24, 2.45) is 0 Å². The van der Waals surface area contributed by atoms with Gasteiger partial charge < -0.3 is 0 Å². The molecule has 1 aliphatic rings. The van der Waals surface area contributed by atoms with Crippen LogP contribution in [0.15, 0.2) is 34.1 Å². The smallest absolute Gasteiger partial charge is 0.206 e. The van der Waals surface area contributed by atoms with E-state index in [1.165, 1.54) is 0 Å². The highest BCUT2D eigenvalue weighted by molar-refractivity contribution is 8.11. The summed E-state index contributed by atoms with van der Waals surface area (Å²) in [5, 5.41) is 0. The highest BCUT2D eigenvalue weighted by Crippen LogP contribution is 2.31. The lowest BCUT2D eigenvalue weighted by molar-refractivity contribution is 0.595. The van der Waals surface area contributed by atoms with Crippen LogP contribution >= 0.6 is 11.9 Å². The Morgan fingerprint density at radius 3 is 2.73 bits per heavy atom. The van der Waals surface area contributed by atoms with Crippen molar-refractivity contribution in [3.05, 3.63) is 24.3 Å². The Balaban J connectivity index is 2.75. The predicted octanol–water partition coefficient (Wildman–Crippen LogP) is 0.986. The zero-order valence-corrected chi connectivity index (χ0v) is 7.08. The van der Waals surface area contributed by atoms with Crippen LogP contribution < -0.4 is 4.13 Å². The van der Waals surface area contributed by atoms with E-state index in [0.29, 0.717) is 4.90 Å². The largest absolute Gasteiger partial charge is 0.251 e. The van der Waals surface area contributed by atoms with Gasteiger partial charge in [0.05, 0.1) is 4.90 Å². The van der Waals surface area contributed by atoms with E-state index in [2.05, 4.69) is 4.13 Å². The van der Waals surface area contributed by atoms with E-state index in [1.54, 1.807) is 18.2 Å². The van der Waals surface area contributed by atoms with E-state index < -0.39 is 10.0 Å². The third-order valence-electron chi connectivity index (χ3n) is 1.40. The van der Waals surface area contributed by atoms with Crippen molar-refractivity contribution in [3.8, 4) is 0 Å². The van der Waals surface area contributed by atoms with E-state index in [9.17, 15) is 8.42 Å². The highest BCUT2D eigenvalue weighted by Gasteiger charge is 2.25. The topological polar surface area (TPSA) is 46.2 Å². The molecule has 11 heavy (non-hydrogen) atoms. The van der Waals surface area contributed by atoms with Gasteiger partial charge in [0.15, 0.2) is 0 Å². The van der Waals surface area contributed by atoms with Gasteiger partial charge in [-0.05, 0) is 24.1 Å². The first-order valence-electron chi connectivity index (χ1n) is 2.98. The molecule has 0 bridgehead atoms. The van der Waals surface area contributed by atoms with Crippen molar-refractivity contribution in [1.29, 1.82) is 0 Å². The monoisotopic (exact) mass is 187 g/mol. The lowest BCUT2D eigenvalue weighted by Crippen LogP contribution is -2.09. The number of fused-ring (bicyclic) bond motifs is 1. The second kappa shape index (κ2) is 2.23. The zero-order valence-electron chi connectivity index (χ0n) is 5.44. The van der Waals surface area contributed by atoms with Crippen LogP contribution in [-0.4, -0.2) is 8.42 Å². The third-order valence-corrected chi connectivity index (χ3v) is 4.25. The molecule has 0 saturated carbocycles. The molecule has 1 aliphatic heterocycles. The molecule has 2 rings (SSSR count). The summed E-state index contributed by atoms with van der Waals surface area (Å²) >= 11 is 1.14. The average Bonchev–Trinajstić information content (AvgIpc) is 2.29. The summed E-state index contributed by atoms with van der Waals surface area (Å²) in [4.78, 5) is 1.15. The maximum Gasteiger partial charge on any atom is 0.251 e. The molecule has 1 aromatic rings. The van der Waals surface area contributed by atoms with Gasteiger partial charge in [0.25, 0.3) is 10.0 Å². The summed E-state index contributed by atoms with van der Waals surface area (Å²) in [6, 6.07) is 6.90. The van der Waals surface area contributed by atoms with Crippen LogP contribution in [0.3, 0.4) is 0 Å². The maximum absolute atomic E-state index is 11.1. The number of hydrogen-bond donors (Lipinski definition) is 1. The molecule has 0 radical (unpaired) electrons. The summed E-state index contributed by atoms with van der Waals surface area (Å²) < 4.78 is 24.6. The molecule has 0 spiro atoms. The van der Waals surface area contributed by atoms with Gasteiger partial charge >= 0.3 is 0 Å². The molecule has 1 N–H and O–H groups in total. The van der Waals surface area contributed by atoms with Gasteiger partial charge in [-0.15, -0.1) is 4.13 Å². The predicted molar refractivity (Wildman–Crippen MR) is 42.6 cm³/mol. The van der Waals surface area contributed by atoms with Gasteiger partial charge in [-0.1, -0.05) is 12.1 Å². The Morgan fingerprint density at radius 1 is 1.27 bits per heavy atom. The summed E-state index contributed by atoms with van der Waals surface area (Å²) in [5.74, 6) is 0. The molecule has 0 aromatic heterocycles. The molecule has 0 unspecified atom stereocenters. The lowest BCUT2D eigenvalue weighted by atomic mass is 10.4. The van der Waals surface area contributed by atoms with Crippen LogP contribution in [0.25, 0.3) is 0 Å². The number of rotatable bonds is 0. The lowest BCUT2D eigenvalue weighted by Gasteiger charge is -1.91. The Labute approximate surface area is 69.0 Å². The number of sulfonamides is 1. The fraction of sp³-hybridized carbons (Fsp3) is 0. The molecule has 0 saturated heterocycles. The normalized spacial score (nSPS) is 19.6. The fourth-order valence-electron chi connectivity index (χ4n) is 0.901. The molecule has 5 heteroatoms. The van der Waals surface area contributed by atoms with Crippen molar-refractivity contribution in [2.45, 2.75) is 9.79 Å². The van der Waals surface area contributed by atoms with E-state index in [-0.39, 0.29) is 0 Å². The molecule has 1 heterocycles. The standard InChI is InChI=1S/C6H5NO2S2/c8-11(9)6-4-2-1-3-5(6)10-7-11/h1-4,7H. The van der Waals surface area contributed by atoms with Crippen LogP contribution in [-0.2, 0) is 10.0 Å². The van der Waals surface area contributed by atoms with Crippen molar-refractivity contribution in [3.63, 3.8) is 0 Å². The second-order valence-electron chi connectivity index (χ2n) is 2.14.